The first-order chi connectivity index (χ1) is 6.84. The molecule has 0 saturated heterocycles. The molecule has 0 aliphatic carbocycles. The van der Waals surface area contributed by atoms with Gasteiger partial charge in [-0.1, -0.05) is 18.2 Å². The standard InChI is InChI=1S/C8H6N4O2/c13-8-9-7(12-14-8)11-10-6-4-2-1-3-5-6/h1-5H,(H,9,12,13). The van der Waals surface area contributed by atoms with E-state index >= 15 is 0 Å². The van der Waals surface area contributed by atoms with E-state index in [1.165, 1.54) is 0 Å². The van der Waals surface area contributed by atoms with Crippen molar-refractivity contribution in [3.05, 3.63) is 40.9 Å². The van der Waals surface area contributed by atoms with Gasteiger partial charge in [-0.15, -0.1) is 10.2 Å². The smallest absolute Gasteiger partial charge is 0.294 e. The highest BCUT2D eigenvalue weighted by Crippen LogP contribution is 2.12. The van der Waals surface area contributed by atoms with Gasteiger partial charge in [0.2, 0.25) is 0 Å². The van der Waals surface area contributed by atoms with Crippen LogP contribution in [-0.2, 0) is 0 Å². The fourth-order valence-electron chi connectivity index (χ4n) is 0.865. The summed E-state index contributed by atoms with van der Waals surface area (Å²) in [5.74, 6) is -0.592. The topological polar surface area (TPSA) is 83.6 Å². The maximum absolute atomic E-state index is 10.5. The lowest BCUT2D eigenvalue weighted by atomic mass is 10.3. The van der Waals surface area contributed by atoms with E-state index in [1.807, 2.05) is 18.2 Å². The van der Waals surface area contributed by atoms with Gasteiger partial charge in [0.05, 0.1) is 5.69 Å². The van der Waals surface area contributed by atoms with Crippen LogP contribution in [0.25, 0.3) is 0 Å². The first-order valence-electron chi connectivity index (χ1n) is 3.87. The Morgan fingerprint density at radius 2 is 2.00 bits per heavy atom. The molecule has 0 aliphatic heterocycles. The molecule has 0 aliphatic rings. The van der Waals surface area contributed by atoms with Gasteiger partial charge in [-0.2, -0.15) is 0 Å². The third kappa shape index (κ3) is 1.92. The van der Waals surface area contributed by atoms with E-state index in [9.17, 15) is 4.79 Å². The maximum Gasteiger partial charge on any atom is 0.440 e. The molecule has 1 aromatic heterocycles. The van der Waals surface area contributed by atoms with Crippen LogP contribution in [0, 0.1) is 0 Å². The lowest BCUT2D eigenvalue weighted by Gasteiger charge is -1.86. The fourth-order valence-corrected chi connectivity index (χ4v) is 0.865. The number of rotatable bonds is 2. The Morgan fingerprint density at radius 1 is 1.21 bits per heavy atom. The number of H-pyrrole nitrogens is 1. The molecule has 6 nitrogen and oxygen atoms in total. The highest BCUT2D eigenvalue weighted by molar-refractivity contribution is 5.35. The van der Waals surface area contributed by atoms with Crippen molar-refractivity contribution in [2.24, 2.45) is 10.2 Å². The number of nitrogens with zero attached hydrogens (tertiary/aromatic N) is 3. The zero-order chi connectivity index (χ0) is 9.80. The molecule has 1 heterocycles. The van der Waals surface area contributed by atoms with Crippen LogP contribution >= 0.6 is 0 Å². The SMILES string of the molecule is O=c1[nH]c(N=Nc2ccccc2)no1. The summed E-state index contributed by atoms with van der Waals surface area (Å²) in [7, 11) is 0. The second-order valence-corrected chi connectivity index (χ2v) is 2.45. The number of aromatic nitrogens is 2. The molecule has 0 bridgehead atoms. The molecule has 6 heteroatoms. The molecule has 2 aromatic rings. The number of hydrogen-bond acceptors (Lipinski definition) is 5. The molecule has 1 aromatic carbocycles. The molecule has 0 radical (unpaired) electrons. The highest BCUT2D eigenvalue weighted by Gasteiger charge is 1.95. The van der Waals surface area contributed by atoms with Gasteiger partial charge in [0, 0.05) is 0 Å². The molecular weight excluding hydrogens is 184 g/mol. The predicted octanol–water partition coefficient (Wildman–Crippen LogP) is 1.78. The second-order valence-electron chi connectivity index (χ2n) is 2.45. The Bertz CT molecular complexity index is 485. The Labute approximate surface area is 78.3 Å². The van der Waals surface area contributed by atoms with E-state index in [1.54, 1.807) is 12.1 Å². The summed E-state index contributed by atoms with van der Waals surface area (Å²) in [6.45, 7) is 0. The lowest BCUT2D eigenvalue weighted by Crippen LogP contribution is -1.92. The molecule has 0 amide bonds. The summed E-state index contributed by atoms with van der Waals surface area (Å²) < 4.78 is 4.24. The van der Waals surface area contributed by atoms with Crippen molar-refractivity contribution in [2.45, 2.75) is 0 Å². The summed E-state index contributed by atoms with van der Waals surface area (Å²) in [5, 5.41) is 10.8. The van der Waals surface area contributed by atoms with Crippen LogP contribution in [0.15, 0.2) is 49.9 Å². The third-order valence-electron chi connectivity index (χ3n) is 1.45. The van der Waals surface area contributed by atoms with Crippen LogP contribution in [-0.4, -0.2) is 10.1 Å². The van der Waals surface area contributed by atoms with Crippen LogP contribution < -0.4 is 5.76 Å². The quantitative estimate of drug-likeness (QED) is 0.732. The first kappa shape index (κ1) is 8.36. The normalized spacial score (nSPS) is 10.9. The largest absolute Gasteiger partial charge is 0.440 e. The Balaban J connectivity index is 2.19. The van der Waals surface area contributed by atoms with Crippen LogP contribution in [0.3, 0.4) is 0 Å². The van der Waals surface area contributed by atoms with E-state index in [0.29, 0.717) is 5.69 Å². The molecule has 70 valence electrons. The van der Waals surface area contributed by atoms with E-state index in [2.05, 4.69) is 24.9 Å². The molecule has 0 atom stereocenters. The van der Waals surface area contributed by atoms with Crippen molar-refractivity contribution in [2.75, 3.05) is 0 Å². The van der Waals surface area contributed by atoms with E-state index < -0.39 is 5.76 Å². The summed E-state index contributed by atoms with van der Waals surface area (Å²) in [4.78, 5) is 12.8. The lowest BCUT2D eigenvalue weighted by molar-refractivity contribution is 0.387. The molecule has 0 saturated carbocycles. The van der Waals surface area contributed by atoms with Gasteiger partial charge < -0.3 is 0 Å². The van der Waals surface area contributed by atoms with Gasteiger partial charge in [0.25, 0.3) is 5.95 Å². The Morgan fingerprint density at radius 3 is 2.64 bits per heavy atom. The van der Waals surface area contributed by atoms with Gasteiger partial charge in [-0.05, 0) is 17.3 Å². The minimum absolute atomic E-state index is 0.0545. The maximum atomic E-state index is 10.5. The molecule has 14 heavy (non-hydrogen) atoms. The van der Waals surface area contributed by atoms with Gasteiger partial charge in [-0.3, -0.25) is 9.51 Å². The minimum atomic E-state index is -0.646. The summed E-state index contributed by atoms with van der Waals surface area (Å²) in [6, 6.07) is 9.10. The zero-order valence-corrected chi connectivity index (χ0v) is 7.04. The molecule has 0 unspecified atom stereocenters. The summed E-state index contributed by atoms with van der Waals surface area (Å²) in [6.07, 6.45) is 0. The van der Waals surface area contributed by atoms with Crippen molar-refractivity contribution in [3.8, 4) is 0 Å². The van der Waals surface area contributed by atoms with Crippen molar-refractivity contribution < 1.29 is 4.52 Å². The number of azo groups is 1. The molecular formula is C8H6N4O2. The van der Waals surface area contributed by atoms with Crippen molar-refractivity contribution in [3.63, 3.8) is 0 Å². The molecule has 2 rings (SSSR count). The van der Waals surface area contributed by atoms with Crippen molar-refractivity contribution in [1.82, 2.24) is 10.1 Å². The van der Waals surface area contributed by atoms with Gasteiger partial charge in [0.15, 0.2) is 0 Å². The summed E-state index contributed by atoms with van der Waals surface area (Å²) >= 11 is 0. The summed E-state index contributed by atoms with van der Waals surface area (Å²) in [5.41, 5.74) is 0.677. The van der Waals surface area contributed by atoms with E-state index in [-0.39, 0.29) is 5.95 Å². The monoisotopic (exact) mass is 190 g/mol. The number of nitrogens with one attached hydrogen (secondary N) is 1. The number of aromatic amines is 1. The number of hydrogen-bond donors (Lipinski definition) is 1. The Hall–Kier alpha value is -2.24. The zero-order valence-electron chi connectivity index (χ0n) is 7.04. The molecule has 0 fully saturated rings. The minimum Gasteiger partial charge on any atom is -0.294 e. The second kappa shape index (κ2) is 3.65. The van der Waals surface area contributed by atoms with Gasteiger partial charge in [0.1, 0.15) is 0 Å². The molecule has 0 spiro atoms. The van der Waals surface area contributed by atoms with Gasteiger partial charge in [-0.25, -0.2) is 4.79 Å². The van der Waals surface area contributed by atoms with Crippen LogP contribution in [0.1, 0.15) is 0 Å². The fraction of sp³-hybridized carbons (Fsp3) is 0. The van der Waals surface area contributed by atoms with Crippen LogP contribution in [0.4, 0.5) is 11.6 Å². The average molecular weight is 190 g/mol. The average Bonchev–Trinajstić information content (AvgIpc) is 2.63. The van der Waals surface area contributed by atoms with Gasteiger partial charge >= 0.3 is 5.76 Å². The van der Waals surface area contributed by atoms with E-state index in [0.717, 1.165) is 0 Å². The first-order valence-corrected chi connectivity index (χ1v) is 3.87. The van der Waals surface area contributed by atoms with Crippen LogP contribution in [0.5, 0.6) is 0 Å². The van der Waals surface area contributed by atoms with E-state index in [4.69, 9.17) is 0 Å². The van der Waals surface area contributed by atoms with Crippen molar-refractivity contribution >= 4 is 11.6 Å². The van der Waals surface area contributed by atoms with Crippen LogP contribution in [0.2, 0.25) is 0 Å². The highest BCUT2D eigenvalue weighted by atomic mass is 16.5. The predicted molar refractivity (Wildman–Crippen MR) is 47.7 cm³/mol. The third-order valence-corrected chi connectivity index (χ3v) is 1.45. The molecule has 1 N–H and O–H groups in total. The number of benzene rings is 1. The Kier molecular flexibility index (Phi) is 2.18. The van der Waals surface area contributed by atoms with Crippen molar-refractivity contribution in [1.29, 1.82) is 0 Å².